The average molecular weight is 480 g/mol. The van der Waals surface area contributed by atoms with E-state index in [9.17, 15) is 8.42 Å². The van der Waals surface area contributed by atoms with Crippen molar-refractivity contribution in [3.8, 4) is 0 Å². The van der Waals surface area contributed by atoms with Crippen molar-refractivity contribution in [3.05, 3.63) is 64.4 Å². The third kappa shape index (κ3) is 5.78. The SMILES string of the molecule is CCN(CC)c1cc(Nc2ccc(NS(=O)(=O)c3ccc(Cl)c(Cl)c3)cc2)nc(C)n1. The molecule has 0 aliphatic carbocycles. The van der Waals surface area contributed by atoms with E-state index in [-0.39, 0.29) is 9.92 Å². The first-order valence-electron chi connectivity index (χ1n) is 9.67. The van der Waals surface area contributed by atoms with E-state index >= 15 is 0 Å². The maximum atomic E-state index is 12.6. The molecule has 2 N–H and O–H groups in total. The van der Waals surface area contributed by atoms with Crippen LogP contribution in [-0.4, -0.2) is 31.5 Å². The molecule has 0 saturated heterocycles. The predicted molar refractivity (Wildman–Crippen MR) is 127 cm³/mol. The van der Waals surface area contributed by atoms with Crippen LogP contribution in [0.4, 0.5) is 23.0 Å². The quantitative estimate of drug-likeness (QED) is 0.444. The summed E-state index contributed by atoms with van der Waals surface area (Å²) in [6.45, 7) is 7.69. The highest BCUT2D eigenvalue weighted by molar-refractivity contribution is 7.92. The molecule has 3 aromatic rings. The Morgan fingerprint density at radius 3 is 2.16 bits per heavy atom. The molecule has 2 aromatic carbocycles. The number of halogens is 2. The van der Waals surface area contributed by atoms with E-state index in [2.05, 4.69) is 38.8 Å². The van der Waals surface area contributed by atoms with E-state index in [1.54, 1.807) is 24.3 Å². The summed E-state index contributed by atoms with van der Waals surface area (Å²) in [7, 11) is -3.79. The van der Waals surface area contributed by atoms with Gasteiger partial charge in [0.1, 0.15) is 17.5 Å². The molecule has 7 nitrogen and oxygen atoms in total. The van der Waals surface area contributed by atoms with Gasteiger partial charge in [-0.3, -0.25) is 4.72 Å². The monoisotopic (exact) mass is 479 g/mol. The van der Waals surface area contributed by atoms with Gasteiger partial charge in [0.2, 0.25) is 0 Å². The Hall–Kier alpha value is -2.55. The second kappa shape index (κ2) is 9.72. The Labute approximate surface area is 192 Å². The van der Waals surface area contributed by atoms with Gasteiger partial charge >= 0.3 is 0 Å². The van der Waals surface area contributed by atoms with Gasteiger partial charge in [0.05, 0.1) is 14.9 Å². The average Bonchev–Trinajstić information content (AvgIpc) is 2.72. The van der Waals surface area contributed by atoms with Crippen LogP contribution in [0.15, 0.2) is 53.4 Å². The second-order valence-corrected chi connectivity index (χ2v) is 9.21. The number of hydrogen-bond acceptors (Lipinski definition) is 6. The minimum atomic E-state index is -3.79. The van der Waals surface area contributed by atoms with Crippen LogP contribution in [0, 0.1) is 6.92 Å². The summed E-state index contributed by atoms with van der Waals surface area (Å²) in [5, 5.41) is 3.70. The lowest BCUT2D eigenvalue weighted by Crippen LogP contribution is -2.23. The molecule has 0 atom stereocenters. The smallest absolute Gasteiger partial charge is 0.261 e. The summed E-state index contributed by atoms with van der Waals surface area (Å²) in [5.41, 5.74) is 1.18. The summed E-state index contributed by atoms with van der Waals surface area (Å²) in [6.07, 6.45) is 0. The number of hydrogen-bond donors (Lipinski definition) is 2. The first kappa shape index (κ1) is 23.1. The van der Waals surface area contributed by atoms with Gasteiger partial charge in [-0.2, -0.15) is 0 Å². The van der Waals surface area contributed by atoms with Crippen LogP contribution >= 0.6 is 23.2 Å². The zero-order valence-electron chi connectivity index (χ0n) is 17.4. The topological polar surface area (TPSA) is 87.2 Å². The van der Waals surface area contributed by atoms with Crippen LogP contribution in [0.1, 0.15) is 19.7 Å². The number of nitrogens with one attached hydrogen (secondary N) is 2. The molecular formula is C21H23Cl2N5O2S. The first-order chi connectivity index (χ1) is 14.7. The fourth-order valence-corrected chi connectivity index (χ4v) is 4.40. The Bertz CT molecular complexity index is 1170. The van der Waals surface area contributed by atoms with Gasteiger partial charge < -0.3 is 10.2 Å². The summed E-state index contributed by atoms with van der Waals surface area (Å²) >= 11 is 11.8. The summed E-state index contributed by atoms with van der Waals surface area (Å²) in [6, 6.07) is 12.9. The molecule has 0 fully saturated rings. The molecule has 164 valence electrons. The zero-order valence-corrected chi connectivity index (χ0v) is 19.7. The number of aromatic nitrogens is 2. The molecule has 10 heteroatoms. The first-order valence-corrected chi connectivity index (χ1v) is 11.9. The highest BCUT2D eigenvalue weighted by atomic mass is 35.5. The van der Waals surface area contributed by atoms with E-state index in [4.69, 9.17) is 23.2 Å². The Morgan fingerprint density at radius 1 is 0.903 bits per heavy atom. The third-order valence-corrected chi connectivity index (χ3v) is 6.64. The molecule has 0 saturated carbocycles. The standard InChI is InChI=1S/C21H23Cl2N5O2S/c1-4-28(5-2)21-13-20(24-14(3)25-21)26-15-6-8-16(9-7-15)27-31(29,30)17-10-11-18(22)19(23)12-17/h6-13,27H,4-5H2,1-3H3,(H,24,25,26). The van der Waals surface area contributed by atoms with E-state index in [1.165, 1.54) is 18.2 Å². The van der Waals surface area contributed by atoms with Crippen molar-refractivity contribution >= 4 is 56.2 Å². The Morgan fingerprint density at radius 2 is 1.55 bits per heavy atom. The van der Waals surface area contributed by atoms with E-state index in [0.29, 0.717) is 22.4 Å². The minimum absolute atomic E-state index is 0.0319. The van der Waals surface area contributed by atoms with Crippen LogP contribution in [0.5, 0.6) is 0 Å². The molecule has 31 heavy (non-hydrogen) atoms. The molecule has 0 unspecified atom stereocenters. The Balaban J connectivity index is 1.75. The van der Waals surface area contributed by atoms with E-state index < -0.39 is 10.0 Å². The zero-order chi connectivity index (χ0) is 22.6. The molecule has 1 heterocycles. The van der Waals surface area contributed by atoms with Crippen molar-refractivity contribution in [2.75, 3.05) is 28.0 Å². The number of aryl methyl sites for hydroxylation is 1. The largest absolute Gasteiger partial charge is 0.357 e. The summed E-state index contributed by atoms with van der Waals surface area (Å²) in [5.74, 6) is 2.18. The molecule has 1 aromatic heterocycles. The summed E-state index contributed by atoms with van der Waals surface area (Å²) in [4.78, 5) is 11.1. The fraction of sp³-hybridized carbons (Fsp3) is 0.238. The van der Waals surface area contributed by atoms with Crippen LogP contribution < -0.4 is 14.9 Å². The second-order valence-electron chi connectivity index (χ2n) is 6.71. The molecular weight excluding hydrogens is 457 g/mol. The van der Waals surface area contributed by atoms with Crippen molar-refractivity contribution in [3.63, 3.8) is 0 Å². The highest BCUT2D eigenvalue weighted by Gasteiger charge is 2.16. The number of anilines is 4. The normalized spacial score (nSPS) is 11.3. The maximum absolute atomic E-state index is 12.6. The van der Waals surface area contributed by atoms with Gasteiger partial charge in [0.15, 0.2) is 0 Å². The minimum Gasteiger partial charge on any atom is -0.357 e. The lowest BCUT2D eigenvalue weighted by Gasteiger charge is -2.20. The van der Waals surface area contributed by atoms with Gasteiger partial charge in [-0.25, -0.2) is 18.4 Å². The third-order valence-electron chi connectivity index (χ3n) is 4.52. The van der Waals surface area contributed by atoms with Crippen LogP contribution in [0.2, 0.25) is 10.0 Å². The number of nitrogens with zero attached hydrogens (tertiary/aromatic N) is 3. The molecule has 0 amide bonds. The summed E-state index contributed by atoms with van der Waals surface area (Å²) < 4.78 is 27.7. The molecule has 0 spiro atoms. The number of benzene rings is 2. The molecule has 3 rings (SSSR count). The van der Waals surface area contributed by atoms with Crippen molar-refractivity contribution in [1.82, 2.24) is 9.97 Å². The van der Waals surface area contributed by atoms with Crippen molar-refractivity contribution in [2.45, 2.75) is 25.7 Å². The van der Waals surface area contributed by atoms with Crippen molar-refractivity contribution in [1.29, 1.82) is 0 Å². The number of sulfonamides is 1. The van der Waals surface area contributed by atoms with E-state index in [1.807, 2.05) is 13.0 Å². The van der Waals surface area contributed by atoms with E-state index in [0.717, 1.165) is 24.6 Å². The van der Waals surface area contributed by atoms with Crippen molar-refractivity contribution in [2.24, 2.45) is 0 Å². The van der Waals surface area contributed by atoms with Gasteiger partial charge in [-0.15, -0.1) is 0 Å². The van der Waals surface area contributed by atoms with Gasteiger partial charge in [0.25, 0.3) is 10.0 Å². The Kier molecular flexibility index (Phi) is 7.25. The van der Waals surface area contributed by atoms with Gasteiger partial charge in [-0.05, 0) is 63.2 Å². The molecule has 0 radical (unpaired) electrons. The highest BCUT2D eigenvalue weighted by Crippen LogP contribution is 2.27. The lowest BCUT2D eigenvalue weighted by atomic mass is 10.3. The van der Waals surface area contributed by atoms with Gasteiger partial charge in [0, 0.05) is 30.5 Å². The van der Waals surface area contributed by atoms with Crippen LogP contribution in [0.25, 0.3) is 0 Å². The van der Waals surface area contributed by atoms with Crippen LogP contribution in [-0.2, 0) is 10.0 Å². The van der Waals surface area contributed by atoms with Crippen LogP contribution in [0.3, 0.4) is 0 Å². The molecule has 0 bridgehead atoms. The van der Waals surface area contributed by atoms with Crippen molar-refractivity contribution < 1.29 is 8.42 Å². The fourth-order valence-electron chi connectivity index (χ4n) is 2.95. The molecule has 0 aliphatic rings. The van der Waals surface area contributed by atoms with Gasteiger partial charge in [-0.1, -0.05) is 23.2 Å². The predicted octanol–water partition coefficient (Wildman–Crippen LogP) is 5.48. The number of rotatable bonds is 8. The molecule has 0 aliphatic heterocycles. The lowest BCUT2D eigenvalue weighted by molar-refractivity contribution is 0.601. The maximum Gasteiger partial charge on any atom is 0.261 e.